The fourth-order valence-corrected chi connectivity index (χ4v) is 2.92. The predicted molar refractivity (Wildman–Crippen MR) is 75.8 cm³/mol. The van der Waals surface area contributed by atoms with Gasteiger partial charge in [0, 0.05) is 6.54 Å². The lowest BCUT2D eigenvalue weighted by molar-refractivity contribution is -0.161. The third-order valence-electron chi connectivity index (χ3n) is 4.32. The molecule has 3 rings (SSSR count). The monoisotopic (exact) mass is 289 g/mol. The SMILES string of the molecule is O=C(O)C1CN(C(=O)C2(Cc3ccccc3)CC2)CCO1. The van der Waals surface area contributed by atoms with E-state index >= 15 is 0 Å². The van der Waals surface area contributed by atoms with Crippen LogP contribution in [0.15, 0.2) is 30.3 Å². The summed E-state index contributed by atoms with van der Waals surface area (Å²) in [5.41, 5.74) is 0.841. The van der Waals surface area contributed by atoms with Crippen LogP contribution in [0.5, 0.6) is 0 Å². The lowest BCUT2D eigenvalue weighted by atomic mass is 9.94. The molecular formula is C16H19NO4. The highest BCUT2D eigenvalue weighted by Gasteiger charge is 2.52. The van der Waals surface area contributed by atoms with E-state index in [1.165, 1.54) is 0 Å². The minimum Gasteiger partial charge on any atom is -0.479 e. The number of carbonyl (C=O) groups is 2. The van der Waals surface area contributed by atoms with Crippen molar-refractivity contribution in [2.24, 2.45) is 5.41 Å². The van der Waals surface area contributed by atoms with Crippen molar-refractivity contribution in [1.82, 2.24) is 4.90 Å². The Bertz CT molecular complexity index is 538. The molecule has 2 fully saturated rings. The first-order valence-electron chi connectivity index (χ1n) is 7.28. The van der Waals surface area contributed by atoms with Gasteiger partial charge in [-0.1, -0.05) is 30.3 Å². The highest BCUT2D eigenvalue weighted by molar-refractivity contribution is 5.86. The van der Waals surface area contributed by atoms with Crippen molar-refractivity contribution < 1.29 is 19.4 Å². The highest BCUT2D eigenvalue weighted by Crippen LogP contribution is 2.50. The average molecular weight is 289 g/mol. The second-order valence-electron chi connectivity index (χ2n) is 5.89. The normalized spacial score (nSPS) is 23.6. The van der Waals surface area contributed by atoms with Gasteiger partial charge in [0.2, 0.25) is 5.91 Å². The van der Waals surface area contributed by atoms with Crippen molar-refractivity contribution in [2.45, 2.75) is 25.4 Å². The van der Waals surface area contributed by atoms with E-state index in [-0.39, 0.29) is 17.9 Å². The van der Waals surface area contributed by atoms with Gasteiger partial charge in [0.25, 0.3) is 0 Å². The molecular weight excluding hydrogens is 270 g/mol. The van der Waals surface area contributed by atoms with Gasteiger partial charge in [-0.05, 0) is 24.8 Å². The zero-order valence-corrected chi connectivity index (χ0v) is 11.8. The number of hydrogen-bond donors (Lipinski definition) is 1. The largest absolute Gasteiger partial charge is 0.479 e. The summed E-state index contributed by atoms with van der Waals surface area (Å²) in [6.07, 6.45) is 1.61. The van der Waals surface area contributed by atoms with Crippen LogP contribution in [0.25, 0.3) is 0 Å². The number of carbonyl (C=O) groups excluding carboxylic acids is 1. The summed E-state index contributed by atoms with van der Waals surface area (Å²) in [5.74, 6) is -0.915. The number of nitrogens with zero attached hydrogens (tertiary/aromatic N) is 1. The standard InChI is InChI=1S/C16H19NO4/c18-14(19)13-11-17(8-9-21-13)15(20)16(6-7-16)10-12-4-2-1-3-5-12/h1-5,13H,6-11H2,(H,18,19). The maximum atomic E-state index is 12.7. The summed E-state index contributed by atoms with van der Waals surface area (Å²) in [5, 5.41) is 9.03. The van der Waals surface area contributed by atoms with Gasteiger partial charge in [0.15, 0.2) is 6.10 Å². The average Bonchev–Trinajstić information content (AvgIpc) is 3.28. The Kier molecular flexibility index (Phi) is 3.68. The molecule has 1 amide bonds. The molecule has 5 nitrogen and oxygen atoms in total. The fraction of sp³-hybridized carbons (Fsp3) is 0.500. The van der Waals surface area contributed by atoms with Crippen LogP contribution in [0.4, 0.5) is 0 Å². The fourth-order valence-electron chi connectivity index (χ4n) is 2.92. The Morgan fingerprint density at radius 1 is 1.29 bits per heavy atom. The summed E-state index contributed by atoms with van der Waals surface area (Å²) < 4.78 is 5.18. The summed E-state index contributed by atoms with van der Waals surface area (Å²) in [6, 6.07) is 9.99. The van der Waals surface area contributed by atoms with Gasteiger partial charge in [-0.3, -0.25) is 4.79 Å². The molecule has 112 valence electrons. The van der Waals surface area contributed by atoms with E-state index in [9.17, 15) is 9.59 Å². The molecule has 1 N–H and O–H groups in total. The first-order chi connectivity index (χ1) is 10.1. The van der Waals surface area contributed by atoms with E-state index in [2.05, 4.69) is 0 Å². The van der Waals surface area contributed by atoms with Gasteiger partial charge in [0.05, 0.1) is 18.6 Å². The lowest BCUT2D eigenvalue weighted by Crippen LogP contribution is -2.51. The number of carboxylic acid groups (broad SMARTS) is 1. The quantitative estimate of drug-likeness (QED) is 0.908. The predicted octanol–water partition coefficient (Wildman–Crippen LogP) is 1.32. The van der Waals surface area contributed by atoms with Gasteiger partial charge >= 0.3 is 5.97 Å². The first-order valence-corrected chi connectivity index (χ1v) is 7.28. The third kappa shape index (κ3) is 2.93. The molecule has 0 bridgehead atoms. The van der Waals surface area contributed by atoms with E-state index < -0.39 is 12.1 Å². The van der Waals surface area contributed by atoms with Gasteiger partial charge < -0.3 is 14.7 Å². The molecule has 1 saturated heterocycles. The van der Waals surface area contributed by atoms with Crippen LogP contribution < -0.4 is 0 Å². The molecule has 1 aliphatic heterocycles. The molecule has 0 spiro atoms. The van der Waals surface area contributed by atoms with Crippen molar-refractivity contribution in [3.05, 3.63) is 35.9 Å². The van der Waals surface area contributed by atoms with Crippen LogP contribution in [0.3, 0.4) is 0 Å². The number of aliphatic carboxylic acids is 1. The number of benzene rings is 1. The highest BCUT2D eigenvalue weighted by atomic mass is 16.5. The smallest absolute Gasteiger partial charge is 0.334 e. The van der Waals surface area contributed by atoms with E-state index in [4.69, 9.17) is 9.84 Å². The van der Waals surface area contributed by atoms with E-state index in [1.54, 1.807) is 4.90 Å². The molecule has 2 aliphatic rings. The van der Waals surface area contributed by atoms with Crippen LogP contribution in [0.1, 0.15) is 18.4 Å². The Morgan fingerprint density at radius 2 is 2.00 bits per heavy atom. The van der Waals surface area contributed by atoms with E-state index in [0.717, 1.165) is 24.8 Å². The van der Waals surface area contributed by atoms with E-state index in [1.807, 2.05) is 30.3 Å². The zero-order valence-electron chi connectivity index (χ0n) is 11.8. The maximum absolute atomic E-state index is 12.7. The molecule has 5 heteroatoms. The second-order valence-corrected chi connectivity index (χ2v) is 5.89. The lowest BCUT2D eigenvalue weighted by Gasteiger charge is -2.33. The molecule has 1 aliphatic carbocycles. The van der Waals surface area contributed by atoms with Crippen molar-refractivity contribution in [3.63, 3.8) is 0 Å². The van der Waals surface area contributed by atoms with Crippen LogP contribution in [0.2, 0.25) is 0 Å². The van der Waals surface area contributed by atoms with Crippen LogP contribution in [-0.2, 0) is 20.7 Å². The third-order valence-corrected chi connectivity index (χ3v) is 4.32. The molecule has 1 aromatic carbocycles. The molecule has 1 heterocycles. The minimum absolute atomic E-state index is 0.0842. The summed E-state index contributed by atoms with van der Waals surface area (Å²) in [6.45, 7) is 0.938. The Labute approximate surface area is 123 Å². The first kappa shape index (κ1) is 14.1. The zero-order chi connectivity index (χ0) is 14.9. The minimum atomic E-state index is -1.000. The molecule has 1 unspecified atom stereocenters. The van der Waals surface area contributed by atoms with Crippen LogP contribution >= 0.6 is 0 Å². The summed E-state index contributed by atoms with van der Waals surface area (Å²) in [4.78, 5) is 25.4. The van der Waals surface area contributed by atoms with Crippen molar-refractivity contribution >= 4 is 11.9 Å². The van der Waals surface area contributed by atoms with Crippen LogP contribution in [0, 0.1) is 5.41 Å². The molecule has 1 atom stereocenters. The Hall–Kier alpha value is -1.88. The van der Waals surface area contributed by atoms with Crippen molar-refractivity contribution in [2.75, 3.05) is 19.7 Å². The second kappa shape index (κ2) is 5.48. The molecule has 1 aromatic rings. The summed E-state index contributed by atoms with van der Waals surface area (Å²) >= 11 is 0. The van der Waals surface area contributed by atoms with Crippen molar-refractivity contribution in [3.8, 4) is 0 Å². The van der Waals surface area contributed by atoms with E-state index in [0.29, 0.717) is 13.2 Å². The number of rotatable bonds is 4. The summed E-state index contributed by atoms with van der Waals surface area (Å²) in [7, 11) is 0. The molecule has 0 radical (unpaired) electrons. The Morgan fingerprint density at radius 3 is 2.62 bits per heavy atom. The number of amides is 1. The molecule has 21 heavy (non-hydrogen) atoms. The maximum Gasteiger partial charge on any atom is 0.334 e. The van der Waals surface area contributed by atoms with Gasteiger partial charge in [-0.2, -0.15) is 0 Å². The number of carboxylic acids is 1. The number of hydrogen-bond acceptors (Lipinski definition) is 3. The molecule has 0 aromatic heterocycles. The topological polar surface area (TPSA) is 66.8 Å². The number of ether oxygens (including phenoxy) is 1. The van der Waals surface area contributed by atoms with Crippen molar-refractivity contribution in [1.29, 1.82) is 0 Å². The van der Waals surface area contributed by atoms with Gasteiger partial charge in [-0.25, -0.2) is 4.79 Å². The number of morpholine rings is 1. The Balaban J connectivity index is 1.68. The van der Waals surface area contributed by atoms with Gasteiger partial charge in [-0.15, -0.1) is 0 Å². The van der Waals surface area contributed by atoms with Crippen LogP contribution in [-0.4, -0.2) is 47.7 Å². The molecule has 1 saturated carbocycles. The van der Waals surface area contributed by atoms with Gasteiger partial charge in [0.1, 0.15) is 0 Å².